The highest BCUT2D eigenvalue weighted by molar-refractivity contribution is 7.10. The number of aryl methyl sites for hydroxylation is 1. The van der Waals surface area contributed by atoms with Crippen LogP contribution >= 0.6 is 11.3 Å². The van der Waals surface area contributed by atoms with Crippen LogP contribution in [0, 0.1) is 0 Å². The molecule has 1 aliphatic rings. The van der Waals surface area contributed by atoms with Gasteiger partial charge < -0.3 is 11.1 Å². The van der Waals surface area contributed by atoms with Crippen LogP contribution in [0.3, 0.4) is 0 Å². The van der Waals surface area contributed by atoms with Gasteiger partial charge in [0.2, 0.25) is 0 Å². The highest BCUT2D eigenvalue weighted by Crippen LogP contribution is 2.35. The van der Waals surface area contributed by atoms with Gasteiger partial charge in [0.15, 0.2) is 0 Å². The quantitative estimate of drug-likeness (QED) is 0.804. The van der Waals surface area contributed by atoms with Gasteiger partial charge in [-0.2, -0.15) is 0 Å². The van der Waals surface area contributed by atoms with E-state index < -0.39 is 11.2 Å². The molecule has 2 aromatic heterocycles. The fraction of sp³-hybridized carbons (Fsp3) is 0.429. The lowest BCUT2D eigenvalue weighted by molar-refractivity contribution is 0.606. The Balaban J connectivity index is 2.01. The highest BCUT2D eigenvalue weighted by Gasteiger charge is 2.23. The second kappa shape index (κ2) is 5.40. The Hall–Kier alpha value is -2.02. The van der Waals surface area contributed by atoms with E-state index >= 15 is 0 Å². The van der Waals surface area contributed by atoms with Crippen molar-refractivity contribution in [2.45, 2.75) is 38.8 Å². The number of nitrogens with one attached hydrogen (secondary N) is 2. The smallest absolute Gasteiger partial charge is 0.330 e. The molecule has 21 heavy (non-hydrogen) atoms. The van der Waals surface area contributed by atoms with E-state index in [1.807, 2.05) is 6.92 Å². The van der Waals surface area contributed by atoms with E-state index in [9.17, 15) is 9.59 Å². The molecule has 2 heterocycles. The summed E-state index contributed by atoms with van der Waals surface area (Å²) < 4.78 is 1.36. The molecule has 0 saturated heterocycles. The first-order valence-electron chi connectivity index (χ1n) is 7.07. The van der Waals surface area contributed by atoms with Gasteiger partial charge in [0.05, 0.1) is 6.04 Å². The van der Waals surface area contributed by atoms with Gasteiger partial charge in [0.25, 0.3) is 5.56 Å². The third kappa shape index (κ3) is 2.37. The molecule has 0 amide bonds. The van der Waals surface area contributed by atoms with Gasteiger partial charge in [-0.15, -0.1) is 11.3 Å². The molecule has 0 spiro atoms. The molecule has 0 saturated carbocycles. The van der Waals surface area contributed by atoms with Crippen LogP contribution in [-0.2, 0) is 13.0 Å². The molecule has 0 radical (unpaired) electrons. The second-order valence-electron chi connectivity index (χ2n) is 5.15. The molecule has 1 unspecified atom stereocenters. The lowest BCUT2D eigenvalue weighted by atomic mass is 9.94. The van der Waals surface area contributed by atoms with Crippen molar-refractivity contribution in [1.82, 2.24) is 9.55 Å². The summed E-state index contributed by atoms with van der Waals surface area (Å²) in [6.07, 6.45) is 3.12. The number of aromatic nitrogens is 2. The third-order valence-electron chi connectivity index (χ3n) is 3.93. The van der Waals surface area contributed by atoms with Crippen LogP contribution in [0.5, 0.6) is 0 Å². The monoisotopic (exact) mass is 306 g/mol. The number of H-pyrrole nitrogens is 1. The molecule has 112 valence electrons. The maximum Gasteiger partial charge on any atom is 0.330 e. The molecule has 4 N–H and O–H groups in total. The van der Waals surface area contributed by atoms with Gasteiger partial charge >= 0.3 is 5.69 Å². The van der Waals surface area contributed by atoms with Crippen molar-refractivity contribution in [3.8, 4) is 0 Å². The lowest BCUT2D eigenvalue weighted by Crippen LogP contribution is -2.34. The van der Waals surface area contributed by atoms with Crippen molar-refractivity contribution in [3.05, 3.63) is 42.7 Å². The van der Waals surface area contributed by atoms with E-state index in [0.29, 0.717) is 12.2 Å². The zero-order chi connectivity index (χ0) is 15.0. The molecule has 0 bridgehead atoms. The molecule has 0 aliphatic heterocycles. The Bertz CT molecular complexity index is 774. The first-order chi connectivity index (χ1) is 10.1. The Morgan fingerprint density at radius 1 is 1.52 bits per heavy atom. The first-order valence-corrected chi connectivity index (χ1v) is 7.95. The van der Waals surface area contributed by atoms with Gasteiger partial charge in [-0.3, -0.25) is 14.3 Å². The Morgan fingerprint density at radius 3 is 3.10 bits per heavy atom. The number of rotatable bonds is 3. The van der Waals surface area contributed by atoms with E-state index in [4.69, 9.17) is 5.73 Å². The predicted octanol–water partition coefficient (Wildman–Crippen LogP) is 1.69. The number of hydrogen-bond donors (Lipinski definition) is 3. The number of hydrogen-bond acceptors (Lipinski definition) is 5. The molecular weight excluding hydrogens is 288 g/mol. The Labute approximate surface area is 125 Å². The molecule has 6 nitrogen and oxygen atoms in total. The summed E-state index contributed by atoms with van der Waals surface area (Å²) in [5, 5.41) is 5.31. The van der Waals surface area contributed by atoms with Crippen LogP contribution < -0.4 is 22.3 Å². The summed E-state index contributed by atoms with van der Waals surface area (Å²) in [7, 11) is 0. The fourth-order valence-corrected chi connectivity index (χ4v) is 3.84. The minimum atomic E-state index is -0.467. The van der Waals surface area contributed by atoms with Crippen LogP contribution in [0.25, 0.3) is 0 Å². The number of nitrogen functional groups attached to an aromatic ring is 1. The second-order valence-corrected chi connectivity index (χ2v) is 6.15. The standard InChI is InChI=1S/C14H18N4O2S/c1-2-18-12(15)11(13(19)17-14(18)20)16-9-4-3-5-10-8(9)6-7-21-10/h6-7,9,16H,2-5,15H2,1H3,(H,17,19,20). The van der Waals surface area contributed by atoms with Gasteiger partial charge in [-0.25, -0.2) is 4.79 Å². The Morgan fingerprint density at radius 2 is 2.33 bits per heavy atom. The SMILES string of the molecule is CCn1c(N)c(NC2CCCc3sccc32)c(=O)[nH]c1=O. The molecule has 0 fully saturated rings. The van der Waals surface area contributed by atoms with Crippen LogP contribution in [-0.4, -0.2) is 9.55 Å². The molecule has 1 aliphatic carbocycles. The summed E-state index contributed by atoms with van der Waals surface area (Å²) in [5.41, 5.74) is 6.60. The molecule has 2 aromatic rings. The fourth-order valence-electron chi connectivity index (χ4n) is 2.85. The van der Waals surface area contributed by atoms with Gasteiger partial charge in [-0.1, -0.05) is 0 Å². The minimum Gasteiger partial charge on any atom is -0.383 e. The zero-order valence-corrected chi connectivity index (χ0v) is 12.6. The highest BCUT2D eigenvalue weighted by atomic mass is 32.1. The minimum absolute atomic E-state index is 0.0752. The van der Waals surface area contributed by atoms with Crippen molar-refractivity contribution in [1.29, 1.82) is 0 Å². The van der Waals surface area contributed by atoms with E-state index in [2.05, 4.69) is 21.7 Å². The molecule has 3 rings (SSSR count). The van der Waals surface area contributed by atoms with Crippen molar-refractivity contribution < 1.29 is 0 Å². The Kier molecular flexibility index (Phi) is 3.59. The van der Waals surface area contributed by atoms with Gasteiger partial charge in [0, 0.05) is 11.4 Å². The maximum atomic E-state index is 12.0. The van der Waals surface area contributed by atoms with Crippen molar-refractivity contribution in [3.63, 3.8) is 0 Å². The van der Waals surface area contributed by atoms with Crippen LogP contribution in [0.2, 0.25) is 0 Å². The topological polar surface area (TPSA) is 92.9 Å². The summed E-state index contributed by atoms with van der Waals surface area (Å²) in [6.45, 7) is 2.24. The average Bonchev–Trinajstić information content (AvgIpc) is 2.93. The van der Waals surface area contributed by atoms with Crippen molar-refractivity contribution >= 4 is 22.8 Å². The number of aromatic amines is 1. The number of thiophene rings is 1. The predicted molar refractivity (Wildman–Crippen MR) is 85.0 cm³/mol. The van der Waals surface area contributed by atoms with Crippen molar-refractivity contribution in [2.75, 3.05) is 11.1 Å². The number of anilines is 2. The molecule has 7 heteroatoms. The van der Waals surface area contributed by atoms with E-state index in [-0.39, 0.29) is 11.9 Å². The van der Waals surface area contributed by atoms with E-state index in [1.54, 1.807) is 11.3 Å². The van der Waals surface area contributed by atoms with Crippen molar-refractivity contribution in [2.24, 2.45) is 0 Å². The largest absolute Gasteiger partial charge is 0.383 e. The maximum absolute atomic E-state index is 12.0. The van der Waals surface area contributed by atoms with Crippen LogP contribution in [0.4, 0.5) is 11.5 Å². The molecule has 1 atom stereocenters. The average molecular weight is 306 g/mol. The lowest BCUT2D eigenvalue weighted by Gasteiger charge is -2.25. The molecular formula is C14H18N4O2S. The third-order valence-corrected chi connectivity index (χ3v) is 4.92. The van der Waals surface area contributed by atoms with Gasteiger partial charge in [0.1, 0.15) is 11.5 Å². The van der Waals surface area contributed by atoms with Crippen LogP contribution in [0.1, 0.15) is 36.2 Å². The van der Waals surface area contributed by atoms with E-state index in [0.717, 1.165) is 19.3 Å². The summed E-state index contributed by atoms with van der Waals surface area (Å²) >= 11 is 1.75. The number of nitrogens with two attached hydrogens (primary N) is 1. The van der Waals surface area contributed by atoms with Crippen LogP contribution in [0.15, 0.2) is 21.0 Å². The number of fused-ring (bicyclic) bond motifs is 1. The normalized spacial score (nSPS) is 17.5. The first kappa shape index (κ1) is 13.9. The zero-order valence-electron chi connectivity index (χ0n) is 11.8. The van der Waals surface area contributed by atoms with E-state index in [1.165, 1.54) is 15.0 Å². The summed E-state index contributed by atoms with van der Waals surface area (Å²) in [6, 6.07) is 2.17. The molecule has 0 aromatic carbocycles. The summed E-state index contributed by atoms with van der Waals surface area (Å²) in [5.74, 6) is 0.202. The summed E-state index contributed by atoms with van der Waals surface area (Å²) in [4.78, 5) is 27.4. The number of nitrogens with zero attached hydrogens (tertiary/aromatic N) is 1. The van der Waals surface area contributed by atoms with Gasteiger partial charge in [-0.05, 0) is 43.2 Å².